The number of piperazine rings is 1. The van der Waals surface area contributed by atoms with E-state index in [-0.39, 0.29) is 36.8 Å². The molecule has 2 saturated heterocycles. The van der Waals surface area contributed by atoms with Crippen LogP contribution in [0.25, 0.3) is 0 Å². The fraction of sp³-hybridized carbons (Fsp3) is 0.632. The van der Waals surface area contributed by atoms with Gasteiger partial charge >= 0.3 is 0 Å². The number of halogens is 3. The summed E-state index contributed by atoms with van der Waals surface area (Å²) >= 11 is 5.86. The minimum absolute atomic E-state index is 0. The predicted octanol–water partition coefficient (Wildman–Crippen LogP) is 2.48. The lowest BCUT2D eigenvalue weighted by Gasteiger charge is -2.34. The highest BCUT2D eigenvalue weighted by atomic mass is 35.5. The monoisotopic (exact) mass is 453 g/mol. The van der Waals surface area contributed by atoms with Crippen LogP contribution in [0, 0.1) is 0 Å². The molecule has 3 rings (SSSR count). The van der Waals surface area contributed by atoms with Gasteiger partial charge in [-0.1, -0.05) is 11.6 Å². The Morgan fingerprint density at radius 1 is 1.18 bits per heavy atom. The molecule has 1 N–H and O–H groups in total. The molecule has 2 aliphatic rings. The van der Waals surface area contributed by atoms with Crippen molar-refractivity contribution in [3.63, 3.8) is 0 Å². The van der Waals surface area contributed by atoms with E-state index in [1.54, 1.807) is 0 Å². The molecule has 0 saturated carbocycles. The number of nitrogens with one attached hydrogen (secondary N) is 1. The third kappa shape index (κ3) is 8.31. The van der Waals surface area contributed by atoms with Gasteiger partial charge in [-0.15, -0.1) is 24.8 Å². The Hall–Kier alpha value is -0.760. The van der Waals surface area contributed by atoms with Gasteiger partial charge < -0.3 is 19.7 Å². The van der Waals surface area contributed by atoms with Crippen LogP contribution in [0.2, 0.25) is 5.02 Å². The average Bonchev–Trinajstić information content (AvgIpc) is 3.17. The van der Waals surface area contributed by atoms with E-state index in [0.717, 1.165) is 64.5 Å². The minimum atomic E-state index is 0. The molecule has 160 valence electrons. The average molecular weight is 455 g/mol. The first-order chi connectivity index (χ1) is 12.7. The number of benzene rings is 1. The van der Waals surface area contributed by atoms with Crippen molar-refractivity contribution in [3.8, 4) is 5.75 Å². The molecule has 1 aromatic carbocycles. The molecule has 1 aromatic rings. The molecule has 0 aromatic heterocycles. The highest BCUT2D eigenvalue weighted by molar-refractivity contribution is 6.30. The van der Waals surface area contributed by atoms with Gasteiger partial charge in [-0.2, -0.15) is 0 Å². The third-order valence-corrected chi connectivity index (χ3v) is 5.14. The van der Waals surface area contributed by atoms with Crippen LogP contribution >= 0.6 is 36.4 Å². The topological polar surface area (TPSA) is 54.0 Å². The normalized spacial score (nSPS) is 19.6. The highest BCUT2D eigenvalue weighted by Gasteiger charge is 2.21. The van der Waals surface area contributed by atoms with E-state index in [2.05, 4.69) is 10.2 Å². The third-order valence-electron chi connectivity index (χ3n) is 4.89. The van der Waals surface area contributed by atoms with Gasteiger partial charge in [0.2, 0.25) is 5.91 Å². The quantitative estimate of drug-likeness (QED) is 0.654. The molecule has 1 unspecified atom stereocenters. The zero-order valence-electron chi connectivity index (χ0n) is 16.0. The van der Waals surface area contributed by atoms with Gasteiger partial charge in [0.05, 0.1) is 12.6 Å². The van der Waals surface area contributed by atoms with E-state index >= 15 is 0 Å². The van der Waals surface area contributed by atoms with Crippen molar-refractivity contribution in [2.24, 2.45) is 0 Å². The molecule has 28 heavy (non-hydrogen) atoms. The molecule has 0 aliphatic carbocycles. The van der Waals surface area contributed by atoms with Crippen molar-refractivity contribution >= 4 is 42.3 Å². The van der Waals surface area contributed by atoms with Crippen LogP contribution in [-0.2, 0) is 9.53 Å². The smallest absolute Gasteiger partial charge is 0.236 e. The Bertz CT molecular complexity index is 563. The maximum Gasteiger partial charge on any atom is 0.236 e. The maximum atomic E-state index is 12.3. The first kappa shape index (κ1) is 25.3. The standard InChI is InChI=1S/C19H28ClN3O3.2ClH/c20-16-3-5-17(6-4-16)26-13-11-22-7-9-23(10-8-22)19(24)15-21-14-18-2-1-12-25-18;;/h3-6,18,21H,1-2,7-15H2;2*1H. The number of ether oxygens (including phenoxy) is 2. The van der Waals surface area contributed by atoms with Gasteiger partial charge in [-0.3, -0.25) is 9.69 Å². The molecule has 2 aliphatic heterocycles. The van der Waals surface area contributed by atoms with E-state index in [1.165, 1.54) is 0 Å². The molecule has 6 nitrogen and oxygen atoms in total. The molecule has 9 heteroatoms. The Morgan fingerprint density at radius 2 is 1.89 bits per heavy atom. The first-order valence-corrected chi connectivity index (χ1v) is 9.79. The molecule has 2 fully saturated rings. The van der Waals surface area contributed by atoms with Crippen molar-refractivity contribution in [3.05, 3.63) is 29.3 Å². The summed E-state index contributed by atoms with van der Waals surface area (Å²) in [6.07, 6.45) is 2.50. The lowest BCUT2D eigenvalue weighted by molar-refractivity contribution is -0.132. The van der Waals surface area contributed by atoms with Crippen molar-refractivity contribution in [2.75, 3.05) is 59.0 Å². The zero-order chi connectivity index (χ0) is 18.2. The minimum Gasteiger partial charge on any atom is -0.492 e. The number of amides is 1. The summed E-state index contributed by atoms with van der Waals surface area (Å²) in [5.41, 5.74) is 0. The molecule has 0 radical (unpaired) electrons. The second kappa shape index (κ2) is 13.5. The summed E-state index contributed by atoms with van der Waals surface area (Å²) in [6.45, 7) is 6.86. The van der Waals surface area contributed by atoms with E-state index in [1.807, 2.05) is 29.2 Å². The number of hydrogen-bond donors (Lipinski definition) is 1. The van der Waals surface area contributed by atoms with Crippen LogP contribution in [0.4, 0.5) is 0 Å². The van der Waals surface area contributed by atoms with Crippen LogP contribution < -0.4 is 10.1 Å². The van der Waals surface area contributed by atoms with Gasteiger partial charge in [-0.05, 0) is 37.1 Å². The van der Waals surface area contributed by atoms with E-state index in [4.69, 9.17) is 21.1 Å². The first-order valence-electron chi connectivity index (χ1n) is 9.41. The Kier molecular flexibility index (Phi) is 12.2. The van der Waals surface area contributed by atoms with Crippen LogP contribution in [0.5, 0.6) is 5.75 Å². The molecular formula is C19H30Cl3N3O3. The number of carbonyl (C=O) groups is 1. The fourth-order valence-corrected chi connectivity index (χ4v) is 3.43. The molecule has 1 amide bonds. The Balaban J connectivity index is 0.00000196. The largest absolute Gasteiger partial charge is 0.492 e. The summed E-state index contributed by atoms with van der Waals surface area (Å²) in [5, 5.41) is 3.94. The van der Waals surface area contributed by atoms with Crippen LogP contribution in [-0.4, -0.2) is 80.8 Å². The van der Waals surface area contributed by atoms with Crippen molar-refractivity contribution in [1.82, 2.24) is 15.1 Å². The highest BCUT2D eigenvalue weighted by Crippen LogP contribution is 2.15. The summed E-state index contributed by atoms with van der Waals surface area (Å²) < 4.78 is 11.3. The second-order valence-corrected chi connectivity index (χ2v) is 7.23. The predicted molar refractivity (Wildman–Crippen MR) is 116 cm³/mol. The number of nitrogens with zero attached hydrogens (tertiary/aromatic N) is 2. The van der Waals surface area contributed by atoms with Gasteiger partial charge in [-0.25, -0.2) is 0 Å². The molecule has 2 heterocycles. The lowest BCUT2D eigenvalue weighted by atomic mass is 10.2. The van der Waals surface area contributed by atoms with Crippen molar-refractivity contribution in [2.45, 2.75) is 18.9 Å². The van der Waals surface area contributed by atoms with Gasteiger partial charge in [0.1, 0.15) is 12.4 Å². The van der Waals surface area contributed by atoms with Crippen LogP contribution in [0.3, 0.4) is 0 Å². The summed E-state index contributed by atoms with van der Waals surface area (Å²) in [7, 11) is 0. The van der Waals surface area contributed by atoms with Crippen LogP contribution in [0.1, 0.15) is 12.8 Å². The number of carbonyl (C=O) groups excluding carboxylic acids is 1. The summed E-state index contributed by atoms with van der Waals surface area (Å²) in [5.74, 6) is 1.01. The SMILES string of the molecule is Cl.Cl.O=C(CNCC1CCCO1)N1CCN(CCOc2ccc(Cl)cc2)CC1. The number of hydrogen-bond acceptors (Lipinski definition) is 5. The molecule has 0 bridgehead atoms. The molecule has 0 spiro atoms. The van der Waals surface area contributed by atoms with Gasteiger partial charge in [0, 0.05) is 50.9 Å². The van der Waals surface area contributed by atoms with E-state index < -0.39 is 0 Å². The van der Waals surface area contributed by atoms with E-state index in [0.29, 0.717) is 18.2 Å². The lowest BCUT2D eigenvalue weighted by Crippen LogP contribution is -2.51. The Morgan fingerprint density at radius 3 is 2.54 bits per heavy atom. The second-order valence-electron chi connectivity index (χ2n) is 6.79. The van der Waals surface area contributed by atoms with Crippen LogP contribution in [0.15, 0.2) is 24.3 Å². The number of rotatable bonds is 8. The van der Waals surface area contributed by atoms with Gasteiger partial charge in [0.15, 0.2) is 0 Å². The molecule has 1 atom stereocenters. The summed E-state index contributed by atoms with van der Waals surface area (Å²) in [6, 6.07) is 7.41. The van der Waals surface area contributed by atoms with E-state index in [9.17, 15) is 4.79 Å². The summed E-state index contributed by atoms with van der Waals surface area (Å²) in [4.78, 5) is 16.6. The zero-order valence-corrected chi connectivity index (χ0v) is 18.4. The Labute approximate surface area is 184 Å². The molecular weight excluding hydrogens is 425 g/mol. The van der Waals surface area contributed by atoms with Crippen molar-refractivity contribution < 1.29 is 14.3 Å². The van der Waals surface area contributed by atoms with Gasteiger partial charge in [0.25, 0.3) is 0 Å². The van der Waals surface area contributed by atoms with Crippen molar-refractivity contribution in [1.29, 1.82) is 0 Å². The maximum absolute atomic E-state index is 12.3. The fourth-order valence-electron chi connectivity index (χ4n) is 3.30.